The Labute approximate surface area is 88.7 Å². The second-order valence-electron chi connectivity index (χ2n) is 3.37. The summed E-state index contributed by atoms with van der Waals surface area (Å²) in [5, 5.41) is 9.56. The summed E-state index contributed by atoms with van der Waals surface area (Å²) < 4.78 is 18.2. The van der Waals surface area contributed by atoms with E-state index >= 15 is 0 Å². The predicted molar refractivity (Wildman–Crippen MR) is 56.3 cm³/mol. The standard InChI is InChI=1S/C11H16FNO2/c1-15-11-8(3-2-4-10(11)12)7-9(14)5-6-13/h2-4,9,14H,5-7,13H2,1H3. The van der Waals surface area contributed by atoms with Gasteiger partial charge in [0.1, 0.15) is 0 Å². The smallest absolute Gasteiger partial charge is 0.165 e. The molecule has 15 heavy (non-hydrogen) atoms. The van der Waals surface area contributed by atoms with Gasteiger partial charge in [-0.25, -0.2) is 4.39 Å². The molecule has 0 aliphatic heterocycles. The first-order valence-electron chi connectivity index (χ1n) is 4.88. The zero-order valence-corrected chi connectivity index (χ0v) is 8.74. The number of aliphatic hydroxyl groups excluding tert-OH is 1. The van der Waals surface area contributed by atoms with Crippen LogP contribution in [0.4, 0.5) is 4.39 Å². The molecule has 0 fully saturated rings. The summed E-state index contributed by atoms with van der Waals surface area (Å²) in [5.41, 5.74) is 5.98. The van der Waals surface area contributed by atoms with Crippen LogP contribution in [0.25, 0.3) is 0 Å². The van der Waals surface area contributed by atoms with Gasteiger partial charge in [-0.15, -0.1) is 0 Å². The lowest BCUT2D eigenvalue weighted by atomic mass is 10.0. The Balaban J connectivity index is 2.80. The second-order valence-corrected chi connectivity index (χ2v) is 3.37. The van der Waals surface area contributed by atoms with E-state index in [0.717, 1.165) is 0 Å². The van der Waals surface area contributed by atoms with E-state index in [1.807, 2.05) is 0 Å². The molecule has 1 aromatic rings. The van der Waals surface area contributed by atoms with Crippen LogP contribution in [0.15, 0.2) is 18.2 Å². The number of hydrogen-bond acceptors (Lipinski definition) is 3. The van der Waals surface area contributed by atoms with Crippen molar-refractivity contribution in [1.82, 2.24) is 0 Å². The van der Waals surface area contributed by atoms with Gasteiger partial charge in [-0.05, 0) is 24.6 Å². The molecule has 4 heteroatoms. The minimum absolute atomic E-state index is 0.202. The third-order valence-corrected chi connectivity index (χ3v) is 2.21. The predicted octanol–water partition coefficient (Wildman–Crippen LogP) is 1.09. The molecule has 1 aromatic carbocycles. The van der Waals surface area contributed by atoms with Crippen molar-refractivity contribution in [3.8, 4) is 5.75 Å². The number of nitrogens with two attached hydrogens (primary N) is 1. The number of hydrogen-bond donors (Lipinski definition) is 2. The van der Waals surface area contributed by atoms with Crippen LogP contribution in [0, 0.1) is 5.82 Å². The molecule has 3 nitrogen and oxygen atoms in total. The van der Waals surface area contributed by atoms with Gasteiger partial charge in [-0.3, -0.25) is 0 Å². The molecule has 0 radical (unpaired) electrons. The minimum Gasteiger partial charge on any atom is -0.493 e. The zero-order chi connectivity index (χ0) is 11.3. The van der Waals surface area contributed by atoms with Crippen molar-refractivity contribution in [2.45, 2.75) is 18.9 Å². The van der Waals surface area contributed by atoms with Crippen LogP contribution in [-0.4, -0.2) is 24.9 Å². The number of rotatable bonds is 5. The van der Waals surface area contributed by atoms with Crippen molar-refractivity contribution in [3.63, 3.8) is 0 Å². The Hall–Kier alpha value is -1.13. The monoisotopic (exact) mass is 213 g/mol. The third kappa shape index (κ3) is 3.18. The highest BCUT2D eigenvalue weighted by Crippen LogP contribution is 2.23. The SMILES string of the molecule is COc1c(F)cccc1CC(O)CCN. The maximum absolute atomic E-state index is 13.3. The first-order chi connectivity index (χ1) is 7.19. The molecule has 1 rings (SSSR count). The summed E-state index contributed by atoms with van der Waals surface area (Å²) in [5.74, 6) is -0.205. The topological polar surface area (TPSA) is 55.5 Å². The quantitative estimate of drug-likeness (QED) is 0.769. The molecule has 1 atom stereocenters. The normalized spacial score (nSPS) is 12.5. The fourth-order valence-corrected chi connectivity index (χ4v) is 1.49. The lowest BCUT2D eigenvalue weighted by molar-refractivity contribution is 0.166. The average Bonchev–Trinajstić information content (AvgIpc) is 2.18. The molecule has 0 heterocycles. The molecule has 0 bridgehead atoms. The minimum atomic E-state index is -0.550. The Bertz CT molecular complexity index is 317. The summed E-state index contributed by atoms with van der Waals surface area (Å²) in [6, 6.07) is 4.67. The zero-order valence-electron chi connectivity index (χ0n) is 8.74. The van der Waals surface area contributed by atoms with Crippen molar-refractivity contribution in [2.24, 2.45) is 5.73 Å². The van der Waals surface area contributed by atoms with Gasteiger partial charge >= 0.3 is 0 Å². The molecule has 3 N–H and O–H groups in total. The fraction of sp³-hybridized carbons (Fsp3) is 0.455. The molecule has 0 aliphatic carbocycles. The van der Waals surface area contributed by atoms with Crippen LogP contribution >= 0.6 is 0 Å². The second kappa shape index (κ2) is 5.68. The lowest BCUT2D eigenvalue weighted by Gasteiger charge is -2.12. The van der Waals surface area contributed by atoms with E-state index in [4.69, 9.17) is 10.5 Å². The van der Waals surface area contributed by atoms with Crippen LogP contribution in [-0.2, 0) is 6.42 Å². The number of halogens is 1. The van der Waals surface area contributed by atoms with Gasteiger partial charge in [-0.2, -0.15) is 0 Å². The molecule has 0 aromatic heterocycles. The highest BCUT2D eigenvalue weighted by Gasteiger charge is 2.12. The van der Waals surface area contributed by atoms with Crippen molar-refractivity contribution in [1.29, 1.82) is 0 Å². The Kier molecular flexibility index (Phi) is 4.52. The van der Waals surface area contributed by atoms with Gasteiger partial charge in [0.05, 0.1) is 13.2 Å². The van der Waals surface area contributed by atoms with E-state index < -0.39 is 11.9 Å². The van der Waals surface area contributed by atoms with Crippen molar-refractivity contribution in [3.05, 3.63) is 29.6 Å². The summed E-state index contributed by atoms with van der Waals surface area (Å²) in [7, 11) is 1.41. The summed E-state index contributed by atoms with van der Waals surface area (Å²) in [6.07, 6.45) is 0.309. The van der Waals surface area contributed by atoms with Gasteiger partial charge in [-0.1, -0.05) is 12.1 Å². The number of methoxy groups -OCH3 is 1. The highest BCUT2D eigenvalue weighted by molar-refractivity contribution is 5.35. The molecule has 0 saturated heterocycles. The lowest BCUT2D eigenvalue weighted by Crippen LogP contribution is -2.16. The molecule has 0 amide bonds. The van der Waals surface area contributed by atoms with E-state index in [9.17, 15) is 9.50 Å². The van der Waals surface area contributed by atoms with Crippen LogP contribution < -0.4 is 10.5 Å². The Morgan fingerprint density at radius 1 is 1.53 bits per heavy atom. The largest absolute Gasteiger partial charge is 0.493 e. The number of benzene rings is 1. The van der Waals surface area contributed by atoms with E-state index in [1.54, 1.807) is 12.1 Å². The number of ether oxygens (including phenoxy) is 1. The van der Waals surface area contributed by atoms with E-state index in [0.29, 0.717) is 24.9 Å². The molecule has 0 aliphatic rings. The van der Waals surface area contributed by atoms with Gasteiger partial charge in [0.2, 0.25) is 0 Å². The Morgan fingerprint density at radius 2 is 2.27 bits per heavy atom. The molecule has 0 spiro atoms. The van der Waals surface area contributed by atoms with E-state index in [1.165, 1.54) is 13.2 Å². The third-order valence-electron chi connectivity index (χ3n) is 2.21. The average molecular weight is 213 g/mol. The van der Waals surface area contributed by atoms with Crippen LogP contribution in [0.1, 0.15) is 12.0 Å². The first-order valence-corrected chi connectivity index (χ1v) is 4.88. The van der Waals surface area contributed by atoms with Gasteiger partial charge in [0.15, 0.2) is 11.6 Å². The molecule has 1 unspecified atom stereocenters. The van der Waals surface area contributed by atoms with Crippen molar-refractivity contribution in [2.75, 3.05) is 13.7 Å². The molecular formula is C11H16FNO2. The Morgan fingerprint density at radius 3 is 2.87 bits per heavy atom. The fourth-order valence-electron chi connectivity index (χ4n) is 1.49. The maximum atomic E-state index is 13.3. The van der Waals surface area contributed by atoms with E-state index in [-0.39, 0.29) is 5.75 Å². The highest BCUT2D eigenvalue weighted by atomic mass is 19.1. The van der Waals surface area contributed by atoms with E-state index in [2.05, 4.69) is 0 Å². The molecular weight excluding hydrogens is 197 g/mol. The maximum Gasteiger partial charge on any atom is 0.165 e. The summed E-state index contributed by atoms with van der Waals surface area (Å²) >= 11 is 0. The van der Waals surface area contributed by atoms with Crippen molar-refractivity contribution < 1.29 is 14.2 Å². The van der Waals surface area contributed by atoms with Gasteiger partial charge in [0, 0.05) is 6.42 Å². The summed E-state index contributed by atoms with van der Waals surface area (Å²) in [6.45, 7) is 0.415. The van der Waals surface area contributed by atoms with Crippen LogP contribution in [0.3, 0.4) is 0 Å². The van der Waals surface area contributed by atoms with Crippen LogP contribution in [0.2, 0.25) is 0 Å². The van der Waals surface area contributed by atoms with Crippen molar-refractivity contribution >= 4 is 0 Å². The number of para-hydroxylation sites is 1. The molecule has 0 saturated carbocycles. The summed E-state index contributed by atoms with van der Waals surface area (Å²) in [4.78, 5) is 0. The number of aliphatic hydroxyl groups is 1. The first kappa shape index (κ1) is 11.9. The van der Waals surface area contributed by atoms with Gasteiger partial charge in [0.25, 0.3) is 0 Å². The molecule has 84 valence electrons. The van der Waals surface area contributed by atoms with Crippen LogP contribution in [0.5, 0.6) is 5.75 Å². The van der Waals surface area contributed by atoms with Gasteiger partial charge < -0.3 is 15.6 Å².